The molecule has 2 aromatic carbocycles. The molecule has 0 aliphatic carbocycles. The normalized spacial score (nSPS) is 15.4. The highest BCUT2D eigenvalue weighted by atomic mass is 19.3. The largest absolute Gasteiger partial charge is 0.493 e. The van der Waals surface area contributed by atoms with Gasteiger partial charge in [-0.2, -0.15) is 8.78 Å². The lowest BCUT2D eigenvalue weighted by molar-refractivity contribution is -0.128. The number of para-hydroxylation sites is 2. The van der Waals surface area contributed by atoms with E-state index < -0.39 is 24.5 Å². The lowest BCUT2D eigenvalue weighted by Gasteiger charge is -2.25. The fourth-order valence-corrected chi connectivity index (χ4v) is 2.55. The maximum absolute atomic E-state index is 12.5. The zero-order valence-electron chi connectivity index (χ0n) is 14.2. The molecule has 2 aromatic rings. The van der Waals surface area contributed by atoms with E-state index >= 15 is 0 Å². The number of hydrogen-bond donors (Lipinski definition) is 2. The number of amides is 2. The number of alkyl halides is 2. The van der Waals surface area contributed by atoms with E-state index in [0.29, 0.717) is 11.4 Å². The lowest BCUT2D eigenvalue weighted by atomic mass is 10.1. The lowest BCUT2D eigenvalue weighted by Crippen LogP contribution is -2.39. The van der Waals surface area contributed by atoms with Crippen LogP contribution in [0.15, 0.2) is 42.5 Å². The molecule has 3 rings (SSSR count). The molecule has 142 valence electrons. The van der Waals surface area contributed by atoms with Gasteiger partial charge in [0, 0.05) is 11.8 Å². The monoisotopic (exact) mass is 378 g/mol. The number of benzene rings is 2. The van der Waals surface area contributed by atoms with E-state index in [1.165, 1.54) is 25.3 Å². The molecular formula is C18H16F2N2O5. The Morgan fingerprint density at radius 2 is 2.04 bits per heavy atom. The minimum Gasteiger partial charge on any atom is -0.493 e. The Labute approximate surface area is 153 Å². The summed E-state index contributed by atoms with van der Waals surface area (Å²) in [5.74, 6) is -0.624. The van der Waals surface area contributed by atoms with Crippen LogP contribution in [0, 0.1) is 0 Å². The SMILES string of the molecule is COc1ccc(NC(=O)C[C@H]2Oc3ccccc3NC2=O)cc1OC(F)F. The topological polar surface area (TPSA) is 85.9 Å². The number of hydrogen-bond acceptors (Lipinski definition) is 5. The molecule has 0 radical (unpaired) electrons. The standard InChI is InChI=1S/C18H16F2N2O5/c1-25-13-7-6-10(8-14(13)27-18(19)20)21-16(23)9-15-17(24)22-11-4-2-3-5-12(11)26-15/h2-8,15,18H,9H2,1H3,(H,21,23)(H,22,24)/t15-/m1/s1. The second-order valence-corrected chi connectivity index (χ2v) is 5.59. The van der Waals surface area contributed by atoms with Gasteiger partial charge in [-0.25, -0.2) is 0 Å². The number of carbonyl (C=O) groups excluding carboxylic acids is 2. The van der Waals surface area contributed by atoms with Crippen LogP contribution in [0.2, 0.25) is 0 Å². The molecule has 0 spiro atoms. The Morgan fingerprint density at radius 1 is 1.26 bits per heavy atom. The van der Waals surface area contributed by atoms with Crippen molar-refractivity contribution in [2.75, 3.05) is 17.7 Å². The van der Waals surface area contributed by atoms with E-state index in [0.717, 1.165) is 0 Å². The van der Waals surface area contributed by atoms with E-state index in [1.807, 2.05) is 0 Å². The third kappa shape index (κ3) is 4.43. The first-order valence-corrected chi connectivity index (χ1v) is 7.95. The molecule has 9 heteroatoms. The van der Waals surface area contributed by atoms with Crippen molar-refractivity contribution in [3.05, 3.63) is 42.5 Å². The Balaban J connectivity index is 1.66. The fourth-order valence-electron chi connectivity index (χ4n) is 2.55. The summed E-state index contributed by atoms with van der Waals surface area (Å²) in [5.41, 5.74) is 0.746. The van der Waals surface area contributed by atoms with Gasteiger partial charge >= 0.3 is 6.61 Å². The number of rotatable bonds is 6. The van der Waals surface area contributed by atoms with E-state index in [2.05, 4.69) is 15.4 Å². The van der Waals surface area contributed by atoms with Crippen molar-refractivity contribution < 1.29 is 32.6 Å². The van der Waals surface area contributed by atoms with Crippen molar-refractivity contribution in [3.63, 3.8) is 0 Å². The van der Waals surface area contributed by atoms with E-state index in [1.54, 1.807) is 24.3 Å². The molecule has 1 aliphatic heterocycles. The van der Waals surface area contributed by atoms with Crippen molar-refractivity contribution in [1.82, 2.24) is 0 Å². The van der Waals surface area contributed by atoms with E-state index in [9.17, 15) is 18.4 Å². The van der Waals surface area contributed by atoms with Gasteiger partial charge in [0.05, 0.1) is 19.2 Å². The summed E-state index contributed by atoms with van der Waals surface area (Å²) in [4.78, 5) is 24.3. The minimum absolute atomic E-state index is 0.0971. The number of nitrogens with one attached hydrogen (secondary N) is 2. The zero-order valence-corrected chi connectivity index (χ0v) is 14.2. The van der Waals surface area contributed by atoms with Gasteiger partial charge in [-0.1, -0.05) is 12.1 Å². The summed E-state index contributed by atoms with van der Waals surface area (Å²) in [6, 6.07) is 10.9. The molecule has 7 nitrogen and oxygen atoms in total. The van der Waals surface area contributed by atoms with Crippen LogP contribution in [0.1, 0.15) is 6.42 Å². The van der Waals surface area contributed by atoms with Crippen LogP contribution in [0.5, 0.6) is 17.2 Å². The molecule has 1 heterocycles. The van der Waals surface area contributed by atoms with Gasteiger partial charge in [-0.3, -0.25) is 9.59 Å². The maximum atomic E-state index is 12.5. The smallest absolute Gasteiger partial charge is 0.387 e. The highest BCUT2D eigenvalue weighted by Gasteiger charge is 2.29. The molecule has 0 saturated carbocycles. The molecule has 0 saturated heterocycles. The van der Waals surface area contributed by atoms with Crippen LogP contribution >= 0.6 is 0 Å². The second kappa shape index (κ2) is 7.90. The first-order chi connectivity index (χ1) is 13.0. The van der Waals surface area contributed by atoms with Gasteiger partial charge in [0.2, 0.25) is 5.91 Å². The molecule has 2 amide bonds. The summed E-state index contributed by atoms with van der Waals surface area (Å²) in [5, 5.41) is 5.18. The van der Waals surface area contributed by atoms with Crippen LogP contribution in [0.3, 0.4) is 0 Å². The number of ether oxygens (including phenoxy) is 3. The summed E-state index contributed by atoms with van der Waals surface area (Å²) >= 11 is 0. The minimum atomic E-state index is -3.04. The molecule has 1 aliphatic rings. The molecule has 27 heavy (non-hydrogen) atoms. The van der Waals surface area contributed by atoms with Crippen LogP contribution in [0.25, 0.3) is 0 Å². The number of halogens is 2. The third-order valence-electron chi connectivity index (χ3n) is 3.74. The molecule has 1 atom stereocenters. The Morgan fingerprint density at radius 3 is 2.78 bits per heavy atom. The Hall–Kier alpha value is -3.36. The van der Waals surface area contributed by atoms with Crippen molar-refractivity contribution in [1.29, 1.82) is 0 Å². The highest BCUT2D eigenvalue weighted by molar-refractivity contribution is 6.02. The van der Waals surface area contributed by atoms with Crippen LogP contribution in [0.4, 0.5) is 20.2 Å². The van der Waals surface area contributed by atoms with Crippen molar-refractivity contribution in [3.8, 4) is 17.2 Å². The molecular weight excluding hydrogens is 362 g/mol. The van der Waals surface area contributed by atoms with Gasteiger partial charge in [0.1, 0.15) is 5.75 Å². The van der Waals surface area contributed by atoms with E-state index in [-0.39, 0.29) is 23.6 Å². The summed E-state index contributed by atoms with van der Waals surface area (Å²) in [7, 11) is 1.31. The Bertz CT molecular complexity index is 859. The predicted octanol–water partition coefficient (Wildman–Crippen LogP) is 3.02. The quantitative estimate of drug-likeness (QED) is 0.807. The van der Waals surface area contributed by atoms with Crippen LogP contribution in [-0.2, 0) is 9.59 Å². The van der Waals surface area contributed by atoms with Crippen molar-refractivity contribution >= 4 is 23.2 Å². The van der Waals surface area contributed by atoms with Crippen molar-refractivity contribution in [2.24, 2.45) is 0 Å². The van der Waals surface area contributed by atoms with Gasteiger partial charge in [0.15, 0.2) is 17.6 Å². The zero-order chi connectivity index (χ0) is 19.4. The van der Waals surface area contributed by atoms with E-state index in [4.69, 9.17) is 9.47 Å². The van der Waals surface area contributed by atoms with Gasteiger partial charge in [-0.05, 0) is 24.3 Å². The fraction of sp³-hybridized carbons (Fsp3) is 0.222. The molecule has 0 fully saturated rings. The van der Waals surface area contributed by atoms with Crippen LogP contribution in [-0.4, -0.2) is 31.6 Å². The van der Waals surface area contributed by atoms with Crippen LogP contribution < -0.4 is 24.8 Å². The Kier molecular flexibility index (Phi) is 5.39. The predicted molar refractivity (Wildman–Crippen MR) is 92.4 cm³/mol. The average molecular weight is 378 g/mol. The number of anilines is 2. The molecule has 0 unspecified atom stereocenters. The van der Waals surface area contributed by atoms with Gasteiger partial charge in [0.25, 0.3) is 5.91 Å². The summed E-state index contributed by atoms with van der Waals surface area (Å²) in [6.07, 6.45) is -1.26. The number of methoxy groups -OCH3 is 1. The maximum Gasteiger partial charge on any atom is 0.387 e. The number of carbonyl (C=O) groups is 2. The first-order valence-electron chi connectivity index (χ1n) is 7.95. The number of fused-ring (bicyclic) bond motifs is 1. The van der Waals surface area contributed by atoms with Crippen molar-refractivity contribution in [2.45, 2.75) is 19.1 Å². The molecule has 2 N–H and O–H groups in total. The second-order valence-electron chi connectivity index (χ2n) is 5.59. The first kappa shape index (κ1) is 18.4. The highest BCUT2D eigenvalue weighted by Crippen LogP contribution is 2.32. The van der Waals surface area contributed by atoms with Gasteiger partial charge in [-0.15, -0.1) is 0 Å². The van der Waals surface area contributed by atoms with Gasteiger partial charge < -0.3 is 24.8 Å². The molecule has 0 aromatic heterocycles. The average Bonchev–Trinajstić information content (AvgIpc) is 2.62. The third-order valence-corrected chi connectivity index (χ3v) is 3.74. The summed E-state index contributed by atoms with van der Waals surface area (Å²) in [6.45, 7) is -3.04. The molecule has 0 bridgehead atoms. The summed E-state index contributed by atoms with van der Waals surface area (Å²) < 4.78 is 39.8.